The number of ether oxygens (including phenoxy) is 1. The number of hydrogen-bond donors (Lipinski definition) is 0. The Kier molecular flexibility index (Phi) is 4.76. The van der Waals surface area contributed by atoms with Crippen molar-refractivity contribution < 1.29 is 17.6 Å². The molecule has 1 unspecified atom stereocenters. The highest BCUT2D eigenvalue weighted by molar-refractivity contribution is 7.88. The van der Waals surface area contributed by atoms with Gasteiger partial charge in [0, 0.05) is 17.4 Å². The molecule has 3 heterocycles. The van der Waals surface area contributed by atoms with Gasteiger partial charge in [0.05, 0.1) is 30.7 Å². The molecule has 28 heavy (non-hydrogen) atoms. The van der Waals surface area contributed by atoms with Gasteiger partial charge in [-0.25, -0.2) is 13.4 Å². The second-order valence-corrected chi connectivity index (χ2v) is 8.63. The van der Waals surface area contributed by atoms with Crippen molar-refractivity contribution >= 4 is 38.2 Å². The number of hydrazone groups is 1. The number of pyridine rings is 1. The van der Waals surface area contributed by atoms with Crippen LogP contribution in [0.1, 0.15) is 30.7 Å². The number of aromatic nitrogens is 1. The van der Waals surface area contributed by atoms with E-state index in [2.05, 4.69) is 10.1 Å². The minimum atomic E-state index is -3.62. The number of sulfonamides is 1. The maximum absolute atomic E-state index is 12.4. The van der Waals surface area contributed by atoms with E-state index in [0.29, 0.717) is 41.3 Å². The van der Waals surface area contributed by atoms with E-state index in [1.807, 2.05) is 31.2 Å². The third-order valence-electron chi connectivity index (χ3n) is 4.45. The lowest BCUT2D eigenvalue weighted by Crippen LogP contribution is -2.26. The normalized spacial score (nSPS) is 17.2. The SMILES string of the molecule is CCOc1ccc2nc(Cl)c(C3CC(c4ccco4)=NN3S(C)(=O)=O)cc2c1. The fourth-order valence-electron chi connectivity index (χ4n) is 3.26. The van der Waals surface area contributed by atoms with Gasteiger partial charge >= 0.3 is 0 Å². The fraction of sp³-hybridized carbons (Fsp3) is 0.263. The van der Waals surface area contributed by atoms with E-state index in [0.717, 1.165) is 16.1 Å². The van der Waals surface area contributed by atoms with Crippen LogP contribution in [0.3, 0.4) is 0 Å². The summed E-state index contributed by atoms with van der Waals surface area (Å²) in [6.07, 6.45) is 2.97. The first-order valence-corrected chi connectivity index (χ1v) is 10.9. The summed E-state index contributed by atoms with van der Waals surface area (Å²) >= 11 is 6.43. The van der Waals surface area contributed by atoms with Crippen LogP contribution in [0.2, 0.25) is 5.15 Å². The Labute approximate surface area is 167 Å². The molecule has 0 radical (unpaired) electrons. The summed E-state index contributed by atoms with van der Waals surface area (Å²) in [4.78, 5) is 4.44. The number of nitrogens with zero attached hydrogens (tertiary/aromatic N) is 3. The van der Waals surface area contributed by atoms with Gasteiger partial charge in [0.15, 0.2) is 0 Å². The zero-order valence-corrected chi connectivity index (χ0v) is 16.9. The first-order chi connectivity index (χ1) is 13.4. The number of furan rings is 1. The summed E-state index contributed by atoms with van der Waals surface area (Å²) in [5.41, 5.74) is 1.83. The second kappa shape index (κ2) is 7.10. The molecule has 1 aromatic carbocycles. The number of fused-ring (bicyclic) bond motifs is 1. The monoisotopic (exact) mass is 419 g/mol. The summed E-state index contributed by atoms with van der Waals surface area (Å²) in [6, 6.07) is 10.2. The highest BCUT2D eigenvalue weighted by Gasteiger charge is 2.37. The molecule has 0 amide bonds. The van der Waals surface area contributed by atoms with Crippen LogP contribution < -0.4 is 4.74 Å². The van der Waals surface area contributed by atoms with Crippen molar-refractivity contribution in [2.75, 3.05) is 12.9 Å². The minimum Gasteiger partial charge on any atom is -0.494 e. The molecule has 3 aromatic rings. The first-order valence-electron chi connectivity index (χ1n) is 8.70. The lowest BCUT2D eigenvalue weighted by atomic mass is 10.0. The minimum absolute atomic E-state index is 0.242. The van der Waals surface area contributed by atoms with E-state index in [9.17, 15) is 8.42 Å². The molecule has 1 aliphatic rings. The molecule has 0 N–H and O–H groups in total. The Bertz CT molecular complexity index is 1160. The van der Waals surface area contributed by atoms with Crippen molar-refractivity contribution in [3.63, 3.8) is 0 Å². The van der Waals surface area contributed by atoms with Crippen molar-refractivity contribution in [2.45, 2.75) is 19.4 Å². The summed E-state index contributed by atoms with van der Waals surface area (Å²) in [6.45, 7) is 2.45. The number of halogens is 1. The summed E-state index contributed by atoms with van der Waals surface area (Å²) < 4.78 is 36.7. The van der Waals surface area contributed by atoms with Crippen LogP contribution in [0.5, 0.6) is 5.75 Å². The van der Waals surface area contributed by atoms with Gasteiger partial charge in [0.1, 0.15) is 22.4 Å². The zero-order valence-electron chi connectivity index (χ0n) is 15.3. The molecular formula is C19H18ClN3O4S. The highest BCUT2D eigenvalue weighted by atomic mass is 35.5. The molecule has 1 atom stereocenters. The van der Waals surface area contributed by atoms with Crippen LogP contribution in [-0.4, -0.2) is 36.4 Å². The molecule has 2 aromatic heterocycles. The van der Waals surface area contributed by atoms with Crippen LogP contribution in [0.15, 0.2) is 52.2 Å². The average molecular weight is 420 g/mol. The third kappa shape index (κ3) is 3.45. The molecule has 0 bridgehead atoms. The molecule has 0 spiro atoms. The summed E-state index contributed by atoms with van der Waals surface area (Å²) in [7, 11) is -3.62. The predicted octanol–water partition coefficient (Wildman–Crippen LogP) is 3.99. The Hall–Kier alpha value is -2.58. The summed E-state index contributed by atoms with van der Waals surface area (Å²) in [5, 5.41) is 5.34. The second-order valence-electron chi connectivity index (χ2n) is 6.44. The predicted molar refractivity (Wildman–Crippen MR) is 107 cm³/mol. The Morgan fingerprint density at radius 2 is 2.14 bits per heavy atom. The third-order valence-corrected chi connectivity index (χ3v) is 5.77. The molecular weight excluding hydrogens is 402 g/mol. The van der Waals surface area contributed by atoms with E-state index < -0.39 is 16.1 Å². The van der Waals surface area contributed by atoms with E-state index >= 15 is 0 Å². The molecule has 1 aliphatic heterocycles. The molecule has 4 rings (SSSR count). The van der Waals surface area contributed by atoms with E-state index in [1.54, 1.807) is 12.1 Å². The highest BCUT2D eigenvalue weighted by Crippen LogP contribution is 2.38. The molecule has 9 heteroatoms. The Morgan fingerprint density at radius 3 is 2.82 bits per heavy atom. The zero-order chi connectivity index (χ0) is 19.9. The quantitative estimate of drug-likeness (QED) is 0.583. The van der Waals surface area contributed by atoms with Crippen LogP contribution in [0.25, 0.3) is 10.9 Å². The van der Waals surface area contributed by atoms with E-state index in [4.69, 9.17) is 20.8 Å². The van der Waals surface area contributed by atoms with Crippen LogP contribution in [0.4, 0.5) is 0 Å². The van der Waals surface area contributed by atoms with Gasteiger partial charge in [-0.1, -0.05) is 11.6 Å². The number of hydrogen-bond acceptors (Lipinski definition) is 6. The van der Waals surface area contributed by atoms with E-state index in [1.165, 1.54) is 6.26 Å². The number of benzene rings is 1. The van der Waals surface area contributed by atoms with Crippen molar-refractivity contribution in [1.29, 1.82) is 0 Å². The smallest absolute Gasteiger partial charge is 0.247 e. The van der Waals surface area contributed by atoms with Crippen molar-refractivity contribution in [3.8, 4) is 5.75 Å². The molecule has 7 nitrogen and oxygen atoms in total. The van der Waals surface area contributed by atoms with Crippen molar-refractivity contribution in [1.82, 2.24) is 9.40 Å². The average Bonchev–Trinajstić information content (AvgIpc) is 3.31. The van der Waals surface area contributed by atoms with Gasteiger partial charge in [-0.05, 0) is 43.3 Å². The van der Waals surface area contributed by atoms with Crippen LogP contribution >= 0.6 is 11.6 Å². The van der Waals surface area contributed by atoms with Gasteiger partial charge in [-0.3, -0.25) is 0 Å². The van der Waals surface area contributed by atoms with Gasteiger partial charge in [-0.15, -0.1) is 0 Å². The maximum Gasteiger partial charge on any atom is 0.247 e. The first kappa shape index (κ1) is 18.8. The molecule has 0 aliphatic carbocycles. The summed E-state index contributed by atoms with van der Waals surface area (Å²) in [5.74, 6) is 1.24. The van der Waals surface area contributed by atoms with Crippen molar-refractivity contribution in [2.24, 2.45) is 5.10 Å². The lowest BCUT2D eigenvalue weighted by Gasteiger charge is -2.22. The van der Waals surface area contributed by atoms with Gasteiger partial charge < -0.3 is 9.15 Å². The van der Waals surface area contributed by atoms with Gasteiger partial charge in [-0.2, -0.15) is 9.52 Å². The standard InChI is InChI=1S/C19H18ClN3O4S/c1-3-26-13-6-7-15-12(9-13)10-14(19(20)21-15)17-11-16(18-5-4-8-27-18)22-23(17)28(2,24)25/h4-10,17H,3,11H2,1-2H3. The Balaban J connectivity index is 1.80. The van der Waals surface area contributed by atoms with Gasteiger partial charge in [0.2, 0.25) is 10.0 Å². The lowest BCUT2D eigenvalue weighted by molar-refractivity contribution is 0.340. The fourth-order valence-corrected chi connectivity index (χ4v) is 4.42. The van der Waals surface area contributed by atoms with Gasteiger partial charge in [0.25, 0.3) is 0 Å². The van der Waals surface area contributed by atoms with Crippen molar-refractivity contribution in [3.05, 3.63) is 59.1 Å². The largest absolute Gasteiger partial charge is 0.494 e. The van der Waals surface area contributed by atoms with Crippen LogP contribution in [0, 0.1) is 0 Å². The molecule has 146 valence electrons. The number of rotatable bonds is 5. The maximum atomic E-state index is 12.4. The van der Waals surface area contributed by atoms with E-state index in [-0.39, 0.29) is 5.15 Å². The van der Waals surface area contributed by atoms with Crippen LogP contribution in [-0.2, 0) is 10.0 Å². The topological polar surface area (TPSA) is 85.0 Å². The Morgan fingerprint density at radius 1 is 1.32 bits per heavy atom. The molecule has 0 fully saturated rings. The molecule has 0 saturated carbocycles. The molecule has 0 saturated heterocycles.